The topological polar surface area (TPSA) is 85.2 Å². The summed E-state index contributed by atoms with van der Waals surface area (Å²) >= 11 is 0. The van der Waals surface area contributed by atoms with Crippen LogP contribution >= 0.6 is 0 Å². The van der Waals surface area contributed by atoms with Crippen LogP contribution in [0.2, 0.25) is 0 Å². The molecule has 3 N–H and O–H groups in total. The number of anilines is 2. The maximum atomic E-state index is 12.3. The van der Waals surface area contributed by atoms with Gasteiger partial charge in [0.25, 0.3) is 11.8 Å². The molecule has 3 rings (SSSR count). The van der Waals surface area contributed by atoms with Crippen LogP contribution in [0.25, 0.3) is 0 Å². The minimum Gasteiger partial charge on any atom is -0.321 e. The summed E-state index contributed by atoms with van der Waals surface area (Å²) in [5, 5.41) is 5.50. The number of H-pyrrole nitrogens is 1. The molecule has 0 aliphatic rings. The van der Waals surface area contributed by atoms with Gasteiger partial charge in [0.1, 0.15) is 5.69 Å². The Labute approximate surface area is 138 Å². The molecule has 0 saturated heterocycles. The maximum absolute atomic E-state index is 12.3. The lowest BCUT2D eigenvalue weighted by Gasteiger charge is -2.07. The van der Waals surface area contributed by atoms with E-state index in [2.05, 4.69) is 20.6 Å². The highest BCUT2D eigenvalue weighted by atomic mass is 16.2. The Morgan fingerprint density at radius 2 is 1.58 bits per heavy atom. The Morgan fingerprint density at radius 3 is 2.21 bits per heavy atom. The Morgan fingerprint density at radius 1 is 0.875 bits per heavy atom. The van der Waals surface area contributed by atoms with Gasteiger partial charge < -0.3 is 10.6 Å². The number of carbonyl (C=O) groups excluding carboxylic acids is 2. The van der Waals surface area contributed by atoms with Gasteiger partial charge in [-0.2, -0.15) is 0 Å². The van der Waals surface area contributed by atoms with Crippen LogP contribution in [0.3, 0.4) is 0 Å². The molecule has 0 atom stereocenters. The number of benzene rings is 1. The van der Waals surface area contributed by atoms with Gasteiger partial charge in [0, 0.05) is 23.4 Å². The molecule has 118 valence electrons. The monoisotopic (exact) mass is 319 g/mol. The van der Waals surface area contributed by atoms with Crippen LogP contribution in [-0.4, -0.2) is 16.8 Å². The van der Waals surface area contributed by atoms with Crippen LogP contribution in [0, 0.1) is 0 Å². The van der Waals surface area contributed by atoms with Crippen LogP contribution in [0.5, 0.6) is 0 Å². The summed E-state index contributed by atoms with van der Waals surface area (Å²) < 4.78 is 0. The Bertz CT molecular complexity index is 782. The van der Waals surface area contributed by atoms with Gasteiger partial charge in [0.15, 0.2) is 12.4 Å². The van der Waals surface area contributed by atoms with Crippen molar-refractivity contribution < 1.29 is 14.6 Å². The highest BCUT2D eigenvalue weighted by Gasteiger charge is 2.11. The van der Waals surface area contributed by atoms with Crippen molar-refractivity contribution in [2.75, 3.05) is 10.6 Å². The first-order valence-corrected chi connectivity index (χ1v) is 7.31. The van der Waals surface area contributed by atoms with Crippen molar-refractivity contribution in [3.63, 3.8) is 0 Å². The number of rotatable bonds is 4. The summed E-state index contributed by atoms with van der Waals surface area (Å²) in [7, 11) is 0. The van der Waals surface area contributed by atoms with E-state index in [1.165, 1.54) is 0 Å². The summed E-state index contributed by atoms with van der Waals surface area (Å²) in [5.41, 5.74) is 2.04. The molecule has 0 saturated carbocycles. The number of hydrogen-bond donors (Lipinski definition) is 2. The van der Waals surface area contributed by atoms with Gasteiger partial charge in [-0.25, -0.2) is 4.98 Å². The largest absolute Gasteiger partial charge is 0.321 e. The van der Waals surface area contributed by atoms with Crippen LogP contribution in [0.15, 0.2) is 73.3 Å². The number of amides is 2. The Hall–Kier alpha value is -3.54. The molecule has 24 heavy (non-hydrogen) atoms. The van der Waals surface area contributed by atoms with Crippen molar-refractivity contribution in [3.8, 4) is 0 Å². The second-order valence-corrected chi connectivity index (χ2v) is 5.02. The highest BCUT2D eigenvalue weighted by Crippen LogP contribution is 2.11. The lowest BCUT2D eigenvalue weighted by Crippen LogP contribution is -2.16. The van der Waals surface area contributed by atoms with Crippen LogP contribution < -0.4 is 15.6 Å². The minimum absolute atomic E-state index is 0.286. The average Bonchev–Trinajstić information content (AvgIpc) is 2.63. The van der Waals surface area contributed by atoms with Gasteiger partial charge in [0.2, 0.25) is 0 Å². The van der Waals surface area contributed by atoms with Gasteiger partial charge in [-0.15, -0.1) is 0 Å². The van der Waals surface area contributed by atoms with Crippen molar-refractivity contribution in [2.24, 2.45) is 0 Å². The van der Waals surface area contributed by atoms with E-state index < -0.39 is 0 Å². The number of nitrogens with one attached hydrogen (secondary N) is 3. The first-order valence-electron chi connectivity index (χ1n) is 7.31. The molecule has 2 aromatic heterocycles. The number of pyridine rings is 2. The van der Waals surface area contributed by atoms with E-state index in [0.29, 0.717) is 22.5 Å². The molecule has 6 nitrogen and oxygen atoms in total. The molecule has 2 heterocycles. The van der Waals surface area contributed by atoms with Gasteiger partial charge >= 0.3 is 0 Å². The lowest BCUT2D eigenvalue weighted by atomic mass is 10.1. The fourth-order valence-electron chi connectivity index (χ4n) is 2.12. The first-order chi connectivity index (χ1) is 11.7. The Balaban J connectivity index is 1.74. The predicted molar refractivity (Wildman–Crippen MR) is 89.6 cm³/mol. The molecule has 1 aromatic carbocycles. The van der Waals surface area contributed by atoms with Gasteiger partial charge in [-0.05, 0) is 36.4 Å². The Kier molecular flexibility index (Phi) is 4.57. The quantitative estimate of drug-likeness (QED) is 0.774. The number of hydrogen-bond acceptors (Lipinski definition) is 3. The fourth-order valence-corrected chi connectivity index (χ4v) is 2.12. The zero-order chi connectivity index (χ0) is 16.8. The second kappa shape index (κ2) is 7.15. The smallest absolute Gasteiger partial charge is 0.255 e. The molecule has 0 aliphatic carbocycles. The summed E-state index contributed by atoms with van der Waals surface area (Å²) in [6.07, 6.45) is 6.61. The van der Waals surface area contributed by atoms with Crippen LogP contribution in [0.1, 0.15) is 20.7 Å². The van der Waals surface area contributed by atoms with Crippen molar-refractivity contribution in [1.29, 1.82) is 0 Å². The number of carbonyl (C=O) groups is 2. The predicted octanol–water partition coefficient (Wildman–Crippen LogP) is 2.40. The first kappa shape index (κ1) is 15.4. The molecular formula is C18H15N4O2+. The molecule has 3 aromatic rings. The third-order valence-corrected chi connectivity index (χ3v) is 3.27. The molecular weight excluding hydrogens is 304 g/mol. The standard InChI is InChI=1S/C18H14N4O2/c23-17(21-15-6-2-8-19-11-15)13-4-1-5-14(10-13)18(24)22-16-7-3-9-20-12-16/h1-12H,(H,21,23)(H,22,24)/p+1. The number of aromatic nitrogens is 2. The summed E-state index contributed by atoms with van der Waals surface area (Å²) in [5.74, 6) is -0.587. The van der Waals surface area contributed by atoms with Crippen molar-refractivity contribution in [3.05, 3.63) is 84.4 Å². The summed E-state index contributed by atoms with van der Waals surface area (Å²) in [6.45, 7) is 0. The molecule has 2 amide bonds. The molecule has 0 radical (unpaired) electrons. The molecule has 0 fully saturated rings. The molecule has 0 aliphatic heterocycles. The van der Waals surface area contributed by atoms with E-state index in [1.54, 1.807) is 73.3 Å². The van der Waals surface area contributed by atoms with Crippen LogP contribution in [-0.2, 0) is 0 Å². The van der Waals surface area contributed by atoms with Gasteiger partial charge in [-0.1, -0.05) is 6.07 Å². The van der Waals surface area contributed by atoms with Crippen molar-refractivity contribution in [1.82, 2.24) is 4.98 Å². The van der Waals surface area contributed by atoms with Crippen molar-refractivity contribution in [2.45, 2.75) is 0 Å². The third kappa shape index (κ3) is 3.80. The minimum atomic E-state index is -0.300. The van der Waals surface area contributed by atoms with Gasteiger partial charge in [-0.3, -0.25) is 14.6 Å². The molecule has 0 unspecified atom stereocenters. The van der Waals surface area contributed by atoms with E-state index >= 15 is 0 Å². The van der Waals surface area contributed by atoms with Crippen molar-refractivity contribution >= 4 is 23.2 Å². The fraction of sp³-hybridized carbons (Fsp3) is 0. The second-order valence-electron chi connectivity index (χ2n) is 5.02. The summed E-state index contributed by atoms with van der Waals surface area (Å²) in [6, 6.07) is 13.6. The van der Waals surface area contributed by atoms with E-state index in [-0.39, 0.29) is 11.8 Å². The van der Waals surface area contributed by atoms with E-state index in [4.69, 9.17) is 0 Å². The SMILES string of the molecule is O=C(Nc1cccnc1)c1cccc(C(=O)Nc2ccc[nH+]c2)c1. The van der Waals surface area contributed by atoms with E-state index in [1.807, 2.05) is 0 Å². The summed E-state index contributed by atoms with van der Waals surface area (Å²) in [4.78, 5) is 31.4. The van der Waals surface area contributed by atoms with E-state index in [9.17, 15) is 9.59 Å². The van der Waals surface area contributed by atoms with E-state index in [0.717, 1.165) is 0 Å². The molecule has 0 spiro atoms. The third-order valence-electron chi connectivity index (χ3n) is 3.27. The zero-order valence-electron chi connectivity index (χ0n) is 12.7. The highest BCUT2D eigenvalue weighted by molar-refractivity contribution is 6.08. The normalized spacial score (nSPS) is 10.0. The number of aromatic amines is 1. The zero-order valence-corrected chi connectivity index (χ0v) is 12.7. The molecule has 0 bridgehead atoms. The average molecular weight is 319 g/mol. The maximum Gasteiger partial charge on any atom is 0.255 e. The number of nitrogens with zero attached hydrogens (tertiary/aromatic N) is 1. The van der Waals surface area contributed by atoms with Crippen LogP contribution in [0.4, 0.5) is 11.4 Å². The molecule has 6 heteroatoms. The van der Waals surface area contributed by atoms with Gasteiger partial charge in [0.05, 0.1) is 11.9 Å². The lowest BCUT2D eigenvalue weighted by molar-refractivity contribution is -0.377.